The predicted octanol–water partition coefficient (Wildman–Crippen LogP) is 9.72. The zero-order chi connectivity index (χ0) is 24.8. The molecule has 0 aliphatic heterocycles. The molecule has 190 valence electrons. The molecule has 0 N–H and O–H groups in total. The number of ketones is 1. The van der Waals surface area contributed by atoms with E-state index in [0.717, 1.165) is 25.9 Å². The van der Waals surface area contributed by atoms with Gasteiger partial charge in [0.05, 0.1) is 0 Å². The molecule has 0 saturated carbocycles. The van der Waals surface area contributed by atoms with Crippen LogP contribution in [0.2, 0.25) is 31.4 Å². The standard InChI is InChI=1S/C16H31O2Si.3C4H9.Sn/c1-8-14(9-2)15(17)12-10-11-13-18-19(6,7)16(3,4)5;3*1-3-4-2;/h12,14H,8-9,11,13H2,1-7H3;3*1,3-4H2,2H3;. The monoisotopic (exact) mass is 574 g/mol. The molecule has 0 saturated heterocycles. The van der Waals surface area contributed by atoms with Crippen LogP contribution in [-0.4, -0.2) is 39.1 Å². The van der Waals surface area contributed by atoms with E-state index in [1.54, 1.807) is 3.59 Å². The van der Waals surface area contributed by atoms with Crippen molar-refractivity contribution in [3.8, 4) is 0 Å². The zero-order valence-electron chi connectivity index (χ0n) is 23.7. The van der Waals surface area contributed by atoms with Gasteiger partial charge in [0, 0.05) is 0 Å². The van der Waals surface area contributed by atoms with E-state index in [2.05, 4.69) is 74.6 Å². The van der Waals surface area contributed by atoms with Crippen molar-refractivity contribution in [2.45, 2.75) is 145 Å². The number of hydrogen-bond acceptors (Lipinski definition) is 2. The molecule has 32 heavy (non-hydrogen) atoms. The first-order valence-corrected chi connectivity index (χ1v) is 24.2. The van der Waals surface area contributed by atoms with E-state index in [4.69, 9.17) is 4.43 Å². The third-order valence-electron chi connectivity index (χ3n) is 8.05. The summed E-state index contributed by atoms with van der Waals surface area (Å²) < 4.78 is 12.5. The molecule has 0 bridgehead atoms. The van der Waals surface area contributed by atoms with Crippen LogP contribution in [0.25, 0.3) is 0 Å². The SMILES string of the molecule is CCC[CH2][Sn]([CH2]CCC)([CH2]CCC)/[C](=C/C(=O)C(CC)CC)CCO[Si](C)(C)C(C)(C)C. The number of carbonyl (C=O) groups is 1. The molecule has 4 heteroatoms. The molecule has 0 aromatic rings. The molecule has 0 atom stereocenters. The van der Waals surface area contributed by atoms with E-state index in [-0.39, 0.29) is 11.0 Å². The molecular weight excluding hydrogens is 515 g/mol. The Hall–Kier alpha value is 0.386. The maximum atomic E-state index is 13.3. The Morgan fingerprint density at radius 1 is 0.875 bits per heavy atom. The van der Waals surface area contributed by atoms with Gasteiger partial charge in [-0.15, -0.1) is 0 Å². The van der Waals surface area contributed by atoms with Crippen LogP contribution in [-0.2, 0) is 9.22 Å². The van der Waals surface area contributed by atoms with Crippen LogP contribution in [0.15, 0.2) is 9.67 Å². The van der Waals surface area contributed by atoms with E-state index < -0.39 is 26.7 Å². The summed E-state index contributed by atoms with van der Waals surface area (Å²) in [5.74, 6) is 0.599. The average Bonchev–Trinajstić information content (AvgIpc) is 2.73. The molecule has 0 unspecified atom stereocenters. The van der Waals surface area contributed by atoms with Gasteiger partial charge in [0.2, 0.25) is 0 Å². The summed E-state index contributed by atoms with van der Waals surface area (Å²) in [5.41, 5.74) is 0. The van der Waals surface area contributed by atoms with Crippen LogP contribution in [0.4, 0.5) is 0 Å². The number of carbonyl (C=O) groups excluding carboxylic acids is 1. The van der Waals surface area contributed by atoms with Crippen molar-refractivity contribution in [3.05, 3.63) is 9.67 Å². The summed E-state index contributed by atoms with van der Waals surface area (Å²) >= 11 is -2.64. The van der Waals surface area contributed by atoms with Gasteiger partial charge in [-0.2, -0.15) is 0 Å². The third-order valence-corrected chi connectivity index (χ3v) is 28.8. The first-order chi connectivity index (χ1) is 14.9. The van der Waals surface area contributed by atoms with E-state index in [9.17, 15) is 4.79 Å². The fourth-order valence-corrected chi connectivity index (χ4v) is 22.3. The molecule has 0 spiro atoms. The first kappa shape index (κ1) is 32.4. The molecule has 0 radical (unpaired) electrons. The molecule has 0 aromatic heterocycles. The Labute approximate surface area is 207 Å². The van der Waals surface area contributed by atoms with Crippen molar-refractivity contribution in [1.29, 1.82) is 0 Å². The van der Waals surface area contributed by atoms with Crippen molar-refractivity contribution in [2.75, 3.05) is 6.61 Å². The molecule has 0 heterocycles. The van der Waals surface area contributed by atoms with Gasteiger partial charge in [-0.1, -0.05) is 0 Å². The fourth-order valence-electron chi connectivity index (χ4n) is 4.51. The second kappa shape index (κ2) is 16.1. The Kier molecular flexibility index (Phi) is 16.3. The van der Waals surface area contributed by atoms with Crippen molar-refractivity contribution < 1.29 is 9.22 Å². The van der Waals surface area contributed by atoms with Crippen molar-refractivity contribution in [1.82, 2.24) is 0 Å². The molecule has 0 rings (SSSR count). The summed E-state index contributed by atoms with van der Waals surface area (Å²) in [6.45, 7) is 23.8. The van der Waals surface area contributed by atoms with E-state index in [0.29, 0.717) is 5.78 Å². The van der Waals surface area contributed by atoms with Gasteiger partial charge in [-0.05, 0) is 0 Å². The predicted molar refractivity (Wildman–Crippen MR) is 150 cm³/mol. The number of allylic oxidation sites excluding steroid dienone is 1. The molecule has 0 fully saturated rings. The Morgan fingerprint density at radius 3 is 1.66 bits per heavy atom. The molecule has 0 amide bonds. The molecule has 2 nitrogen and oxygen atoms in total. The van der Waals surface area contributed by atoms with Gasteiger partial charge in [0.1, 0.15) is 0 Å². The summed E-state index contributed by atoms with van der Waals surface area (Å²) in [5, 5.41) is 0.231. The summed E-state index contributed by atoms with van der Waals surface area (Å²) in [6.07, 6.45) is 12.9. The summed E-state index contributed by atoms with van der Waals surface area (Å²) in [4.78, 5) is 13.3. The van der Waals surface area contributed by atoms with Crippen LogP contribution < -0.4 is 0 Å². The summed E-state index contributed by atoms with van der Waals surface area (Å²) in [7, 11) is -1.77. The van der Waals surface area contributed by atoms with E-state index >= 15 is 0 Å². The number of hydrogen-bond donors (Lipinski definition) is 0. The molecular formula is C28H58O2SiSn. The quantitative estimate of drug-likeness (QED) is 0.121. The number of unbranched alkanes of at least 4 members (excludes halogenated alkanes) is 3. The Balaban J connectivity index is 6.12. The minimum absolute atomic E-state index is 0.193. The molecule has 0 aliphatic carbocycles. The van der Waals surface area contributed by atoms with Crippen molar-refractivity contribution >= 4 is 32.5 Å². The van der Waals surface area contributed by atoms with Crippen LogP contribution in [0, 0.1) is 5.92 Å². The normalized spacial score (nSPS) is 13.8. The summed E-state index contributed by atoms with van der Waals surface area (Å²) in [6, 6.07) is 0. The Morgan fingerprint density at radius 2 is 1.31 bits per heavy atom. The van der Waals surface area contributed by atoms with Gasteiger partial charge in [-0.25, -0.2) is 0 Å². The minimum atomic E-state index is -2.64. The van der Waals surface area contributed by atoms with E-state index in [1.165, 1.54) is 51.8 Å². The van der Waals surface area contributed by atoms with Gasteiger partial charge in [-0.3, -0.25) is 0 Å². The molecule has 0 aliphatic rings. The zero-order valence-corrected chi connectivity index (χ0v) is 27.5. The third kappa shape index (κ3) is 10.8. The number of rotatable bonds is 18. The second-order valence-corrected chi connectivity index (χ2v) is 29.8. The van der Waals surface area contributed by atoms with Crippen molar-refractivity contribution in [2.24, 2.45) is 5.92 Å². The van der Waals surface area contributed by atoms with Crippen LogP contribution in [0.1, 0.15) is 113 Å². The fraction of sp³-hybridized carbons (Fsp3) is 0.893. The van der Waals surface area contributed by atoms with Crippen molar-refractivity contribution in [3.63, 3.8) is 0 Å². The van der Waals surface area contributed by atoms with Gasteiger partial charge in [0.25, 0.3) is 0 Å². The molecule has 0 aromatic carbocycles. The van der Waals surface area contributed by atoms with Crippen LogP contribution >= 0.6 is 0 Å². The van der Waals surface area contributed by atoms with Crippen LogP contribution in [0.3, 0.4) is 0 Å². The van der Waals surface area contributed by atoms with Gasteiger partial charge < -0.3 is 0 Å². The Bertz CT molecular complexity index is 522. The van der Waals surface area contributed by atoms with Gasteiger partial charge >= 0.3 is 209 Å². The van der Waals surface area contributed by atoms with Crippen LogP contribution in [0.5, 0.6) is 0 Å². The second-order valence-electron chi connectivity index (χ2n) is 11.5. The first-order valence-electron chi connectivity index (χ1n) is 13.8. The maximum absolute atomic E-state index is 13.3. The topological polar surface area (TPSA) is 26.3 Å². The van der Waals surface area contributed by atoms with Gasteiger partial charge in [0.15, 0.2) is 0 Å². The average molecular weight is 574 g/mol. The van der Waals surface area contributed by atoms with E-state index in [1.807, 2.05) is 0 Å².